The molecule has 1 aromatic carbocycles. The van der Waals surface area contributed by atoms with Crippen molar-refractivity contribution in [1.29, 1.82) is 5.26 Å². The Morgan fingerprint density at radius 2 is 1.95 bits per heavy atom. The number of carbonyl (C=O) groups excluding carboxylic acids is 3. The average molecular weight is 526 g/mol. The summed E-state index contributed by atoms with van der Waals surface area (Å²) in [4.78, 5) is 41.3. The number of nitrogens with one attached hydrogen (secondary N) is 4. The van der Waals surface area contributed by atoms with Crippen LogP contribution in [0.2, 0.25) is 0 Å². The van der Waals surface area contributed by atoms with Gasteiger partial charge in [-0.15, -0.1) is 0 Å². The highest BCUT2D eigenvalue weighted by Gasteiger charge is 2.33. The van der Waals surface area contributed by atoms with Gasteiger partial charge in [0.1, 0.15) is 30.1 Å². The van der Waals surface area contributed by atoms with E-state index in [2.05, 4.69) is 27.0 Å². The van der Waals surface area contributed by atoms with Crippen molar-refractivity contribution in [2.24, 2.45) is 11.8 Å². The van der Waals surface area contributed by atoms with Crippen molar-refractivity contribution in [2.45, 2.75) is 44.2 Å². The Bertz CT molecular complexity index is 1170. The van der Waals surface area contributed by atoms with Gasteiger partial charge in [0, 0.05) is 30.5 Å². The van der Waals surface area contributed by atoms with E-state index >= 15 is 0 Å². The SMILES string of the molecule is COCCOCCOc1cccc2[nH]c(C(=O)N[C@@H](CC3CC3)C(=O)N[C@H](C#N)C[C@@H]3CCNC3=O)cc12. The predicted molar refractivity (Wildman–Crippen MR) is 138 cm³/mol. The van der Waals surface area contributed by atoms with E-state index in [1.54, 1.807) is 13.2 Å². The third-order valence-electron chi connectivity index (χ3n) is 6.83. The summed E-state index contributed by atoms with van der Waals surface area (Å²) in [6.45, 7) is 2.33. The van der Waals surface area contributed by atoms with E-state index < -0.39 is 23.9 Å². The van der Waals surface area contributed by atoms with Gasteiger partial charge in [0.25, 0.3) is 5.91 Å². The minimum Gasteiger partial charge on any atom is -0.490 e. The summed E-state index contributed by atoms with van der Waals surface area (Å²) in [5.74, 6) is -0.239. The first-order valence-corrected chi connectivity index (χ1v) is 13.1. The summed E-state index contributed by atoms with van der Waals surface area (Å²) in [6.07, 6.45) is 3.40. The fourth-order valence-corrected chi connectivity index (χ4v) is 4.56. The molecule has 4 rings (SSSR count). The quantitative estimate of drug-likeness (QED) is 0.258. The summed E-state index contributed by atoms with van der Waals surface area (Å²) in [5, 5.41) is 18.6. The van der Waals surface area contributed by atoms with E-state index in [0.29, 0.717) is 63.2 Å². The minimum atomic E-state index is -0.804. The molecule has 4 N–H and O–H groups in total. The number of nitriles is 1. The van der Waals surface area contributed by atoms with Gasteiger partial charge in [-0.3, -0.25) is 14.4 Å². The summed E-state index contributed by atoms with van der Waals surface area (Å²) < 4.78 is 16.2. The fraction of sp³-hybridized carbons (Fsp3) is 0.556. The second kappa shape index (κ2) is 13.3. The maximum Gasteiger partial charge on any atom is 0.268 e. The van der Waals surface area contributed by atoms with Crippen LogP contribution in [0.25, 0.3) is 10.9 Å². The van der Waals surface area contributed by atoms with Crippen molar-refractivity contribution >= 4 is 28.6 Å². The Kier molecular flexibility index (Phi) is 9.56. The standard InChI is InChI=1S/C27H35N5O6/c1-36-9-10-37-11-12-38-24-4-2-3-21-20(24)15-23(31-21)27(35)32-22(13-17-5-6-17)26(34)30-19(16-28)14-18-7-8-29-25(18)33/h2-4,15,17-19,22,31H,5-14H2,1H3,(H,29,33)(H,30,34)(H,32,35)/t18-,19-,22-/m0/s1. The fourth-order valence-electron chi connectivity index (χ4n) is 4.56. The molecule has 1 aliphatic carbocycles. The van der Waals surface area contributed by atoms with E-state index in [4.69, 9.17) is 14.2 Å². The molecule has 1 aliphatic heterocycles. The maximum atomic E-state index is 13.2. The molecule has 11 heteroatoms. The van der Waals surface area contributed by atoms with Crippen LogP contribution in [0.3, 0.4) is 0 Å². The molecule has 11 nitrogen and oxygen atoms in total. The highest BCUT2D eigenvalue weighted by Crippen LogP contribution is 2.34. The Balaban J connectivity index is 1.38. The van der Waals surface area contributed by atoms with Crippen molar-refractivity contribution in [3.8, 4) is 11.8 Å². The van der Waals surface area contributed by atoms with Crippen molar-refractivity contribution in [2.75, 3.05) is 40.1 Å². The largest absolute Gasteiger partial charge is 0.490 e. The molecule has 0 radical (unpaired) electrons. The van der Waals surface area contributed by atoms with Gasteiger partial charge in [-0.25, -0.2) is 0 Å². The topological polar surface area (TPSA) is 155 Å². The number of methoxy groups -OCH3 is 1. The Morgan fingerprint density at radius 1 is 1.13 bits per heavy atom. The number of ether oxygens (including phenoxy) is 3. The lowest BCUT2D eigenvalue weighted by Crippen LogP contribution is -2.50. The van der Waals surface area contributed by atoms with E-state index in [1.165, 1.54) is 0 Å². The van der Waals surface area contributed by atoms with Gasteiger partial charge in [0.05, 0.1) is 25.9 Å². The second-order valence-corrected chi connectivity index (χ2v) is 9.76. The number of fused-ring (bicyclic) bond motifs is 1. The molecule has 2 fully saturated rings. The number of hydrogen-bond acceptors (Lipinski definition) is 7. The molecule has 2 aliphatic rings. The highest BCUT2D eigenvalue weighted by molar-refractivity contribution is 6.01. The summed E-state index contributed by atoms with van der Waals surface area (Å²) >= 11 is 0. The number of H-pyrrole nitrogens is 1. The van der Waals surface area contributed by atoms with Gasteiger partial charge in [0.2, 0.25) is 11.8 Å². The van der Waals surface area contributed by atoms with Crippen LogP contribution in [0.1, 0.15) is 42.6 Å². The first kappa shape index (κ1) is 27.4. The molecule has 3 atom stereocenters. The lowest BCUT2D eigenvalue weighted by atomic mass is 9.98. The minimum absolute atomic E-state index is 0.0943. The van der Waals surface area contributed by atoms with E-state index in [9.17, 15) is 19.6 Å². The number of hydrogen-bond donors (Lipinski definition) is 4. The van der Waals surface area contributed by atoms with Crippen LogP contribution < -0.4 is 20.7 Å². The van der Waals surface area contributed by atoms with Crippen molar-refractivity contribution < 1.29 is 28.6 Å². The monoisotopic (exact) mass is 525 g/mol. The molecular formula is C27H35N5O6. The summed E-state index contributed by atoms with van der Waals surface area (Å²) in [6, 6.07) is 7.70. The van der Waals surface area contributed by atoms with Gasteiger partial charge < -0.3 is 35.1 Å². The van der Waals surface area contributed by atoms with Crippen LogP contribution >= 0.6 is 0 Å². The molecule has 0 unspecified atom stereocenters. The van der Waals surface area contributed by atoms with Gasteiger partial charge in [0.15, 0.2) is 0 Å². The van der Waals surface area contributed by atoms with Crippen LogP contribution in [0.5, 0.6) is 5.75 Å². The van der Waals surface area contributed by atoms with Gasteiger partial charge in [-0.2, -0.15) is 5.26 Å². The zero-order chi connectivity index (χ0) is 26.9. The molecule has 3 amide bonds. The predicted octanol–water partition coefficient (Wildman–Crippen LogP) is 1.64. The summed E-state index contributed by atoms with van der Waals surface area (Å²) in [7, 11) is 1.61. The normalized spacial score (nSPS) is 18.4. The lowest BCUT2D eigenvalue weighted by Gasteiger charge is -2.21. The van der Waals surface area contributed by atoms with Crippen LogP contribution in [0.4, 0.5) is 0 Å². The van der Waals surface area contributed by atoms with Crippen LogP contribution in [0, 0.1) is 23.2 Å². The first-order chi connectivity index (χ1) is 18.5. The van der Waals surface area contributed by atoms with E-state index in [0.717, 1.165) is 23.7 Å². The van der Waals surface area contributed by atoms with E-state index in [1.807, 2.05) is 18.2 Å². The molecular weight excluding hydrogens is 490 g/mol. The number of carbonyl (C=O) groups is 3. The second-order valence-electron chi connectivity index (χ2n) is 9.76. The zero-order valence-electron chi connectivity index (χ0n) is 21.6. The lowest BCUT2D eigenvalue weighted by molar-refractivity contribution is -0.125. The molecule has 1 saturated heterocycles. The van der Waals surface area contributed by atoms with Gasteiger partial charge in [-0.05, 0) is 43.4 Å². The molecule has 38 heavy (non-hydrogen) atoms. The Morgan fingerprint density at radius 3 is 2.66 bits per heavy atom. The molecule has 2 heterocycles. The van der Waals surface area contributed by atoms with E-state index in [-0.39, 0.29) is 18.2 Å². The Labute approximate surface area is 221 Å². The molecule has 0 bridgehead atoms. The smallest absolute Gasteiger partial charge is 0.268 e. The van der Waals surface area contributed by atoms with Crippen molar-refractivity contribution in [3.05, 3.63) is 30.0 Å². The number of nitrogens with zero attached hydrogens (tertiary/aromatic N) is 1. The molecule has 1 aromatic heterocycles. The molecule has 1 saturated carbocycles. The first-order valence-electron chi connectivity index (χ1n) is 13.1. The van der Waals surface area contributed by atoms with Crippen LogP contribution in [-0.2, 0) is 19.1 Å². The van der Waals surface area contributed by atoms with Gasteiger partial charge >= 0.3 is 0 Å². The van der Waals surface area contributed by atoms with Crippen LogP contribution in [0.15, 0.2) is 24.3 Å². The number of amides is 3. The molecule has 204 valence electrons. The van der Waals surface area contributed by atoms with Crippen molar-refractivity contribution in [3.63, 3.8) is 0 Å². The highest BCUT2D eigenvalue weighted by atomic mass is 16.5. The molecule has 0 spiro atoms. The van der Waals surface area contributed by atoms with Gasteiger partial charge in [-0.1, -0.05) is 18.9 Å². The number of rotatable bonds is 15. The number of aromatic amines is 1. The third-order valence-corrected chi connectivity index (χ3v) is 6.83. The van der Waals surface area contributed by atoms with Crippen LogP contribution in [-0.4, -0.2) is 74.9 Å². The number of aromatic nitrogens is 1. The average Bonchev–Trinajstić information content (AvgIpc) is 3.47. The maximum absolute atomic E-state index is 13.2. The zero-order valence-corrected chi connectivity index (χ0v) is 21.6. The summed E-state index contributed by atoms with van der Waals surface area (Å²) in [5.41, 5.74) is 1.04. The number of benzene rings is 1. The van der Waals surface area contributed by atoms with Crippen molar-refractivity contribution in [1.82, 2.24) is 20.9 Å². The third kappa shape index (κ3) is 7.46. The molecule has 2 aromatic rings. The Hall–Kier alpha value is -3.62.